The van der Waals surface area contributed by atoms with Crippen molar-refractivity contribution < 1.29 is 32.6 Å². The Labute approximate surface area is 155 Å². The molecule has 1 aromatic rings. The van der Waals surface area contributed by atoms with Crippen molar-refractivity contribution in [3.63, 3.8) is 0 Å². The summed E-state index contributed by atoms with van der Waals surface area (Å²) in [7, 11) is 1.09. The highest BCUT2D eigenvalue weighted by Gasteiger charge is 2.63. The number of amidine groups is 1. The van der Waals surface area contributed by atoms with Crippen molar-refractivity contribution in [2.75, 3.05) is 7.11 Å². The number of carbonyl (C=O) groups is 2. The Balaban J connectivity index is 1.99. The van der Waals surface area contributed by atoms with Gasteiger partial charge < -0.3 is 9.84 Å². The number of halogens is 3. The van der Waals surface area contributed by atoms with E-state index in [4.69, 9.17) is 0 Å². The first kappa shape index (κ1) is 19.1. The summed E-state index contributed by atoms with van der Waals surface area (Å²) in [5.41, 5.74) is -3.00. The second-order valence-corrected chi connectivity index (χ2v) is 6.56. The number of methoxy groups -OCH3 is 1. The highest BCUT2D eigenvalue weighted by molar-refractivity contribution is 8.18. The van der Waals surface area contributed by atoms with Gasteiger partial charge in [-0.15, -0.1) is 0 Å². The minimum Gasteiger partial charge on any atom is -0.466 e. The molecule has 2 aliphatic rings. The number of hydrogen-bond donors (Lipinski definition) is 1. The summed E-state index contributed by atoms with van der Waals surface area (Å²) in [4.78, 5) is 26.4. The molecule has 7 nitrogen and oxygen atoms in total. The van der Waals surface area contributed by atoms with Gasteiger partial charge in [-0.3, -0.25) is 4.79 Å². The van der Waals surface area contributed by atoms with Gasteiger partial charge >= 0.3 is 12.1 Å². The van der Waals surface area contributed by atoms with Crippen molar-refractivity contribution in [1.82, 2.24) is 5.01 Å². The molecule has 2 heterocycles. The number of amides is 1. The number of hydrazone groups is 1. The first-order valence-corrected chi connectivity index (χ1v) is 8.30. The van der Waals surface area contributed by atoms with Gasteiger partial charge in [0.2, 0.25) is 0 Å². The van der Waals surface area contributed by atoms with Gasteiger partial charge in [-0.25, -0.2) is 4.79 Å². The van der Waals surface area contributed by atoms with Crippen molar-refractivity contribution in [3.05, 3.63) is 46.9 Å². The molecule has 1 aromatic carbocycles. The van der Waals surface area contributed by atoms with Gasteiger partial charge in [-0.05, 0) is 17.3 Å². The zero-order valence-electron chi connectivity index (χ0n) is 13.7. The lowest BCUT2D eigenvalue weighted by Gasteiger charge is -2.33. The van der Waals surface area contributed by atoms with Crippen molar-refractivity contribution in [3.8, 4) is 0 Å². The zero-order chi connectivity index (χ0) is 19.8. The van der Waals surface area contributed by atoms with Crippen molar-refractivity contribution >= 4 is 34.5 Å². The summed E-state index contributed by atoms with van der Waals surface area (Å²) in [6.45, 7) is 0. The van der Waals surface area contributed by atoms with Gasteiger partial charge in [0.1, 0.15) is 0 Å². The molecule has 1 atom stereocenters. The highest BCUT2D eigenvalue weighted by atomic mass is 32.2. The zero-order valence-corrected chi connectivity index (χ0v) is 14.5. The molecule has 3 rings (SSSR count). The first-order chi connectivity index (χ1) is 12.7. The molecule has 142 valence electrons. The third kappa shape index (κ3) is 3.47. The van der Waals surface area contributed by atoms with Crippen LogP contribution in [-0.2, 0) is 14.3 Å². The molecule has 2 aliphatic heterocycles. The van der Waals surface area contributed by atoms with Crippen LogP contribution in [0.1, 0.15) is 12.0 Å². The van der Waals surface area contributed by atoms with E-state index in [9.17, 15) is 27.9 Å². The van der Waals surface area contributed by atoms with E-state index in [1.807, 2.05) is 0 Å². The monoisotopic (exact) mass is 399 g/mol. The summed E-state index contributed by atoms with van der Waals surface area (Å²) >= 11 is 0.495. The van der Waals surface area contributed by atoms with E-state index in [1.165, 1.54) is 0 Å². The minimum atomic E-state index is -5.08. The fourth-order valence-corrected chi connectivity index (χ4v) is 3.31. The Hall–Kier alpha value is -2.66. The molecule has 0 unspecified atom stereocenters. The van der Waals surface area contributed by atoms with Crippen LogP contribution in [-0.4, -0.2) is 51.9 Å². The summed E-state index contributed by atoms with van der Waals surface area (Å²) in [6.07, 6.45) is -5.10. The van der Waals surface area contributed by atoms with Crippen LogP contribution >= 0.6 is 11.8 Å². The average Bonchev–Trinajstić information content (AvgIpc) is 3.16. The van der Waals surface area contributed by atoms with Crippen LogP contribution < -0.4 is 0 Å². The van der Waals surface area contributed by atoms with Crippen molar-refractivity contribution in [2.24, 2.45) is 10.1 Å². The summed E-state index contributed by atoms with van der Waals surface area (Å²) in [6, 6.07) is 8.03. The van der Waals surface area contributed by atoms with Crippen LogP contribution in [0.2, 0.25) is 0 Å². The topological polar surface area (TPSA) is 91.6 Å². The number of carbonyl (C=O) groups excluding carboxylic acids is 2. The Bertz CT molecular complexity index is 883. The molecule has 0 aromatic heterocycles. The highest BCUT2D eigenvalue weighted by Crippen LogP contribution is 2.44. The van der Waals surface area contributed by atoms with Crippen LogP contribution in [0.4, 0.5) is 13.2 Å². The van der Waals surface area contributed by atoms with Crippen LogP contribution in [0.15, 0.2) is 51.4 Å². The number of thioether (sulfide) groups is 1. The minimum absolute atomic E-state index is 0.0171. The van der Waals surface area contributed by atoms with Gasteiger partial charge in [-0.1, -0.05) is 30.3 Å². The maximum absolute atomic E-state index is 13.6. The van der Waals surface area contributed by atoms with E-state index in [0.29, 0.717) is 17.3 Å². The van der Waals surface area contributed by atoms with Crippen molar-refractivity contribution in [1.29, 1.82) is 0 Å². The smallest absolute Gasteiger partial charge is 0.438 e. The molecular formula is C16H12F3N3O4S. The maximum Gasteiger partial charge on any atom is 0.438 e. The quantitative estimate of drug-likeness (QED) is 0.605. The molecule has 11 heteroatoms. The van der Waals surface area contributed by atoms with Gasteiger partial charge in [0, 0.05) is 6.08 Å². The van der Waals surface area contributed by atoms with E-state index in [1.54, 1.807) is 30.3 Å². The molecule has 0 aliphatic carbocycles. The molecule has 0 saturated heterocycles. The standard InChI is InChI=1S/C16H12F3N3O4S/c1-26-12(23)7-11-13(24)20-14(27-11)22-15(25,16(17,18)19)8-10(21-22)9-5-3-2-4-6-9/h2-7,25H,8H2,1H3/t15-/m1/s1. The van der Waals surface area contributed by atoms with Gasteiger partial charge in [0.05, 0.1) is 24.1 Å². The molecule has 0 fully saturated rings. The Morgan fingerprint density at radius 3 is 2.63 bits per heavy atom. The lowest BCUT2D eigenvalue weighted by molar-refractivity contribution is -0.294. The predicted octanol–water partition coefficient (Wildman–Crippen LogP) is 2.03. The number of benzene rings is 1. The molecular weight excluding hydrogens is 387 g/mol. The molecule has 1 amide bonds. The van der Waals surface area contributed by atoms with E-state index in [-0.39, 0.29) is 15.6 Å². The Morgan fingerprint density at radius 2 is 2.04 bits per heavy atom. The van der Waals surface area contributed by atoms with Crippen LogP contribution in [0.25, 0.3) is 0 Å². The maximum atomic E-state index is 13.6. The summed E-state index contributed by atoms with van der Waals surface area (Å²) < 4.78 is 45.2. The second kappa shape index (κ2) is 6.82. The molecule has 0 spiro atoms. The fraction of sp³-hybridized carbons (Fsp3) is 0.250. The largest absolute Gasteiger partial charge is 0.466 e. The van der Waals surface area contributed by atoms with Crippen LogP contribution in [0.3, 0.4) is 0 Å². The summed E-state index contributed by atoms with van der Waals surface area (Å²) in [5.74, 6) is -1.78. The molecule has 27 heavy (non-hydrogen) atoms. The predicted molar refractivity (Wildman–Crippen MR) is 90.6 cm³/mol. The van der Waals surface area contributed by atoms with Gasteiger partial charge in [0.25, 0.3) is 11.6 Å². The molecule has 0 bridgehead atoms. The van der Waals surface area contributed by atoms with Crippen LogP contribution in [0.5, 0.6) is 0 Å². The lowest BCUT2D eigenvalue weighted by atomic mass is 10.0. The number of rotatable bonds is 2. The number of hydrogen-bond acceptors (Lipinski definition) is 7. The molecule has 0 saturated carbocycles. The number of nitrogens with zero attached hydrogens (tertiary/aromatic N) is 3. The fourth-order valence-electron chi connectivity index (χ4n) is 2.41. The SMILES string of the molecule is COC(=O)C=C1SC(N2N=C(c3ccccc3)C[C@@]2(O)C(F)(F)F)=NC1=O. The van der Waals surface area contributed by atoms with E-state index >= 15 is 0 Å². The normalized spacial score (nSPS) is 24.3. The lowest BCUT2D eigenvalue weighted by Crippen LogP contribution is -2.56. The second-order valence-electron chi connectivity index (χ2n) is 5.55. The summed E-state index contributed by atoms with van der Waals surface area (Å²) in [5, 5.41) is 14.0. The van der Waals surface area contributed by atoms with E-state index in [0.717, 1.165) is 13.2 Å². The third-order valence-corrected chi connectivity index (χ3v) is 4.75. The Morgan fingerprint density at radius 1 is 1.37 bits per heavy atom. The third-order valence-electron chi connectivity index (χ3n) is 3.79. The number of ether oxygens (including phenoxy) is 1. The van der Waals surface area contributed by atoms with E-state index < -0.39 is 35.4 Å². The van der Waals surface area contributed by atoms with Crippen LogP contribution in [0, 0.1) is 0 Å². The number of aliphatic imine (C=N–C) groups is 1. The molecule has 1 N–H and O–H groups in total. The van der Waals surface area contributed by atoms with Gasteiger partial charge in [-0.2, -0.15) is 28.3 Å². The van der Waals surface area contributed by atoms with E-state index in [2.05, 4.69) is 14.8 Å². The average molecular weight is 399 g/mol. The Kier molecular flexibility index (Phi) is 4.82. The van der Waals surface area contributed by atoms with Crippen molar-refractivity contribution in [2.45, 2.75) is 18.3 Å². The molecule has 0 radical (unpaired) electrons. The first-order valence-electron chi connectivity index (χ1n) is 7.48. The number of alkyl halides is 3. The van der Waals surface area contributed by atoms with Gasteiger partial charge in [0.15, 0.2) is 5.17 Å². The number of aliphatic hydroxyl groups is 1. The number of esters is 1.